The van der Waals surface area contributed by atoms with E-state index < -0.39 is 0 Å². The number of carbonyl (C=O) groups excluding carboxylic acids is 1. The first-order chi connectivity index (χ1) is 12.5. The van der Waals surface area contributed by atoms with E-state index in [0.717, 1.165) is 36.5 Å². The number of halogens is 1. The molecule has 1 fully saturated rings. The first-order valence-corrected chi connectivity index (χ1v) is 9.28. The molecule has 0 bridgehead atoms. The second-order valence-electron chi connectivity index (χ2n) is 6.95. The fourth-order valence-electron chi connectivity index (χ4n) is 3.35. The second-order valence-corrected chi connectivity index (χ2v) is 6.95. The van der Waals surface area contributed by atoms with Crippen molar-refractivity contribution in [2.75, 3.05) is 13.2 Å². The van der Waals surface area contributed by atoms with Crippen molar-refractivity contribution >= 4 is 5.91 Å². The number of nitrogens with zero attached hydrogens (tertiary/aromatic N) is 2. The molecule has 3 rings (SSSR count). The minimum absolute atomic E-state index is 0.0960. The van der Waals surface area contributed by atoms with Crippen molar-refractivity contribution in [2.45, 2.75) is 52.1 Å². The zero-order valence-corrected chi connectivity index (χ0v) is 15.6. The summed E-state index contributed by atoms with van der Waals surface area (Å²) in [5.74, 6) is -0.308. The highest BCUT2D eigenvalue weighted by Gasteiger charge is 2.26. The Morgan fingerprint density at radius 1 is 1.38 bits per heavy atom. The molecule has 2 aromatic rings. The summed E-state index contributed by atoms with van der Waals surface area (Å²) in [6.45, 7) is 7.32. The quantitative estimate of drug-likeness (QED) is 0.857. The summed E-state index contributed by atoms with van der Waals surface area (Å²) in [6.07, 6.45) is 2.77. The zero-order valence-electron chi connectivity index (χ0n) is 15.6. The minimum Gasteiger partial charge on any atom is -0.376 e. The number of rotatable bonds is 6. The Bertz CT molecular complexity index is 762. The van der Waals surface area contributed by atoms with Crippen molar-refractivity contribution in [2.24, 2.45) is 0 Å². The van der Waals surface area contributed by atoms with Gasteiger partial charge in [0.25, 0.3) is 5.91 Å². The predicted molar refractivity (Wildman–Crippen MR) is 98.3 cm³/mol. The van der Waals surface area contributed by atoms with Gasteiger partial charge in [-0.3, -0.25) is 4.79 Å². The summed E-state index contributed by atoms with van der Waals surface area (Å²) < 4.78 is 20.6. The van der Waals surface area contributed by atoms with Gasteiger partial charge in [0.05, 0.1) is 28.7 Å². The number of carbonyl (C=O) groups is 1. The Labute approximate surface area is 153 Å². The van der Waals surface area contributed by atoms with E-state index in [1.54, 1.807) is 16.8 Å². The standard InChI is InChI=1S/C20H26FN3O2/c1-4-17-18(20(25)22-12-16-6-5-11-26-16)19(13(2)3)23-24(17)15-9-7-14(21)8-10-15/h7-10,13,16H,4-6,11-12H2,1-3H3,(H,22,25). The molecule has 1 unspecified atom stereocenters. The SMILES string of the molecule is CCc1c(C(=O)NCC2CCCO2)c(C(C)C)nn1-c1ccc(F)cc1. The molecule has 1 aliphatic rings. The van der Waals surface area contributed by atoms with Gasteiger partial charge in [-0.05, 0) is 49.4 Å². The van der Waals surface area contributed by atoms with Crippen LogP contribution in [0.2, 0.25) is 0 Å². The summed E-state index contributed by atoms with van der Waals surface area (Å²) in [4.78, 5) is 12.9. The Hall–Kier alpha value is -2.21. The third-order valence-corrected chi connectivity index (χ3v) is 4.70. The molecule has 2 heterocycles. The lowest BCUT2D eigenvalue weighted by Crippen LogP contribution is -2.32. The smallest absolute Gasteiger partial charge is 0.255 e. The summed E-state index contributed by atoms with van der Waals surface area (Å²) >= 11 is 0. The number of aromatic nitrogens is 2. The fraction of sp³-hybridized carbons (Fsp3) is 0.500. The summed E-state index contributed by atoms with van der Waals surface area (Å²) in [5.41, 5.74) is 2.98. The van der Waals surface area contributed by atoms with Crippen molar-refractivity contribution in [3.63, 3.8) is 0 Å². The monoisotopic (exact) mass is 359 g/mol. The highest BCUT2D eigenvalue weighted by molar-refractivity contribution is 5.97. The van der Waals surface area contributed by atoms with Crippen LogP contribution >= 0.6 is 0 Å². The molecule has 26 heavy (non-hydrogen) atoms. The topological polar surface area (TPSA) is 56.1 Å². The Morgan fingerprint density at radius 3 is 2.69 bits per heavy atom. The number of ether oxygens (including phenoxy) is 1. The molecule has 6 heteroatoms. The molecular weight excluding hydrogens is 333 g/mol. The first kappa shape index (κ1) is 18.6. The molecule has 0 saturated carbocycles. The lowest BCUT2D eigenvalue weighted by molar-refractivity contribution is 0.0856. The van der Waals surface area contributed by atoms with Crippen LogP contribution in [0, 0.1) is 5.82 Å². The van der Waals surface area contributed by atoms with Crippen LogP contribution in [0.5, 0.6) is 0 Å². The van der Waals surface area contributed by atoms with Crippen molar-refractivity contribution in [3.05, 3.63) is 47.0 Å². The van der Waals surface area contributed by atoms with Crippen LogP contribution in [0.3, 0.4) is 0 Å². The van der Waals surface area contributed by atoms with Crippen LogP contribution in [0.25, 0.3) is 5.69 Å². The summed E-state index contributed by atoms with van der Waals surface area (Å²) in [5, 5.41) is 7.69. The van der Waals surface area contributed by atoms with Gasteiger partial charge in [-0.15, -0.1) is 0 Å². The van der Waals surface area contributed by atoms with Gasteiger partial charge in [-0.2, -0.15) is 5.10 Å². The van der Waals surface area contributed by atoms with E-state index in [9.17, 15) is 9.18 Å². The van der Waals surface area contributed by atoms with E-state index in [1.807, 2.05) is 20.8 Å². The number of benzene rings is 1. The van der Waals surface area contributed by atoms with E-state index in [1.165, 1.54) is 12.1 Å². The average Bonchev–Trinajstić information content (AvgIpc) is 3.27. The molecule has 1 aromatic heterocycles. The van der Waals surface area contributed by atoms with Crippen LogP contribution in [-0.4, -0.2) is 34.9 Å². The molecule has 5 nitrogen and oxygen atoms in total. The Morgan fingerprint density at radius 2 is 2.12 bits per heavy atom. The maximum atomic E-state index is 13.3. The molecule has 0 aliphatic carbocycles. The highest BCUT2D eigenvalue weighted by Crippen LogP contribution is 2.25. The van der Waals surface area contributed by atoms with Crippen molar-refractivity contribution in [3.8, 4) is 5.69 Å². The van der Waals surface area contributed by atoms with Gasteiger partial charge in [0.1, 0.15) is 5.82 Å². The van der Waals surface area contributed by atoms with E-state index in [4.69, 9.17) is 4.74 Å². The molecule has 1 aromatic carbocycles. The number of nitrogens with one attached hydrogen (secondary N) is 1. The number of amides is 1. The van der Waals surface area contributed by atoms with E-state index in [0.29, 0.717) is 18.5 Å². The third-order valence-electron chi connectivity index (χ3n) is 4.70. The molecular formula is C20H26FN3O2. The lowest BCUT2D eigenvalue weighted by atomic mass is 10.0. The lowest BCUT2D eigenvalue weighted by Gasteiger charge is -2.13. The maximum Gasteiger partial charge on any atom is 0.255 e. The minimum atomic E-state index is -0.294. The summed E-state index contributed by atoms with van der Waals surface area (Å²) in [7, 11) is 0. The van der Waals surface area contributed by atoms with Crippen LogP contribution in [-0.2, 0) is 11.2 Å². The van der Waals surface area contributed by atoms with Gasteiger partial charge in [0, 0.05) is 13.2 Å². The van der Waals surface area contributed by atoms with Gasteiger partial charge >= 0.3 is 0 Å². The van der Waals surface area contributed by atoms with Crippen LogP contribution in [0.15, 0.2) is 24.3 Å². The van der Waals surface area contributed by atoms with Crippen LogP contribution in [0.1, 0.15) is 61.3 Å². The van der Waals surface area contributed by atoms with Crippen molar-refractivity contribution in [1.29, 1.82) is 0 Å². The molecule has 0 radical (unpaired) electrons. The van der Waals surface area contributed by atoms with Gasteiger partial charge in [-0.25, -0.2) is 9.07 Å². The van der Waals surface area contributed by atoms with E-state index >= 15 is 0 Å². The third kappa shape index (κ3) is 3.80. The first-order valence-electron chi connectivity index (χ1n) is 9.28. The molecule has 0 spiro atoms. The summed E-state index contributed by atoms with van der Waals surface area (Å²) in [6, 6.07) is 6.17. The number of hydrogen-bond acceptors (Lipinski definition) is 3. The van der Waals surface area contributed by atoms with Crippen molar-refractivity contribution in [1.82, 2.24) is 15.1 Å². The van der Waals surface area contributed by atoms with Gasteiger partial charge in [0.15, 0.2) is 0 Å². The molecule has 1 aliphatic heterocycles. The molecule has 1 saturated heterocycles. The van der Waals surface area contributed by atoms with Gasteiger partial charge < -0.3 is 10.1 Å². The highest BCUT2D eigenvalue weighted by atomic mass is 19.1. The van der Waals surface area contributed by atoms with Gasteiger partial charge in [0.2, 0.25) is 0 Å². The average molecular weight is 359 g/mol. The molecule has 1 amide bonds. The predicted octanol–water partition coefficient (Wildman–Crippen LogP) is 3.61. The second kappa shape index (κ2) is 7.99. The molecule has 1 atom stereocenters. The largest absolute Gasteiger partial charge is 0.376 e. The van der Waals surface area contributed by atoms with E-state index in [2.05, 4.69) is 10.4 Å². The molecule has 140 valence electrons. The zero-order chi connectivity index (χ0) is 18.7. The van der Waals surface area contributed by atoms with Crippen LogP contribution < -0.4 is 5.32 Å². The normalized spacial score (nSPS) is 17.0. The molecule has 1 N–H and O–H groups in total. The van der Waals surface area contributed by atoms with Gasteiger partial charge in [-0.1, -0.05) is 20.8 Å². The van der Waals surface area contributed by atoms with Crippen LogP contribution in [0.4, 0.5) is 4.39 Å². The fourth-order valence-corrected chi connectivity index (χ4v) is 3.35. The van der Waals surface area contributed by atoms with Crippen molar-refractivity contribution < 1.29 is 13.9 Å². The Kier molecular flexibility index (Phi) is 5.71. The maximum absolute atomic E-state index is 13.3. The Balaban J connectivity index is 1.94. The van der Waals surface area contributed by atoms with E-state index in [-0.39, 0.29) is 23.7 Å². The number of hydrogen-bond donors (Lipinski definition) is 1.